The van der Waals surface area contributed by atoms with Crippen LogP contribution in [0.2, 0.25) is 0 Å². The Hall–Kier alpha value is -0.160. The first-order valence-corrected chi connectivity index (χ1v) is 5.88. The Morgan fingerprint density at radius 1 is 1.13 bits per heavy atom. The van der Waals surface area contributed by atoms with Gasteiger partial charge in [0, 0.05) is 25.7 Å². The summed E-state index contributed by atoms with van der Waals surface area (Å²) in [6, 6.07) is 1.08. The molecule has 0 saturated heterocycles. The molecule has 0 atom stereocenters. The van der Waals surface area contributed by atoms with Crippen molar-refractivity contribution in [3.63, 3.8) is 0 Å². The van der Waals surface area contributed by atoms with E-state index in [1.165, 1.54) is 12.8 Å². The van der Waals surface area contributed by atoms with Crippen LogP contribution in [-0.4, -0.2) is 45.6 Å². The normalized spacial score (nSPS) is 26.8. The molecule has 90 valence electrons. The minimum absolute atomic E-state index is 0.431. The summed E-state index contributed by atoms with van der Waals surface area (Å²) in [6.07, 6.45) is 4.73. The fourth-order valence-corrected chi connectivity index (χ4v) is 1.90. The van der Waals surface area contributed by atoms with E-state index in [0.717, 1.165) is 26.0 Å². The van der Waals surface area contributed by atoms with E-state index in [0.29, 0.717) is 25.3 Å². The molecular formula is C11H24N2O2. The van der Waals surface area contributed by atoms with Gasteiger partial charge in [-0.1, -0.05) is 0 Å². The number of rotatable bonds is 7. The van der Waals surface area contributed by atoms with Crippen molar-refractivity contribution in [2.45, 2.75) is 37.8 Å². The molecule has 4 nitrogen and oxygen atoms in total. The van der Waals surface area contributed by atoms with Gasteiger partial charge in [0.25, 0.3) is 0 Å². The fraction of sp³-hybridized carbons (Fsp3) is 1.00. The highest BCUT2D eigenvalue weighted by atomic mass is 16.5. The maximum absolute atomic E-state index is 5.84. The topological polar surface area (TPSA) is 56.5 Å². The molecule has 1 fully saturated rings. The lowest BCUT2D eigenvalue weighted by Crippen LogP contribution is -2.38. The van der Waals surface area contributed by atoms with E-state index in [-0.39, 0.29) is 0 Å². The van der Waals surface area contributed by atoms with Crippen molar-refractivity contribution in [2.75, 3.05) is 33.5 Å². The first kappa shape index (κ1) is 12.9. The van der Waals surface area contributed by atoms with E-state index in [1.54, 1.807) is 7.11 Å². The van der Waals surface area contributed by atoms with E-state index in [9.17, 15) is 0 Å². The van der Waals surface area contributed by atoms with Crippen molar-refractivity contribution >= 4 is 0 Å². The molecule has 0 unspecified atom stereocenters. The molecule has 0 aliphatic heterocycles. The number of hydrogen-bond donors (Lipinski definition) is 2. The van der Waals surface area contributed by atoms with E-state index in [1.807, 2.05) is 0 Å². The van der Waals surface area contributed by atoms with Gasteiger partial charge in [0.15, 0.2) is 0 Å². The predicted octanol–water partition coefficient (Wildman–Crippen LogP) is 0.509. The van der Waals surface area contributed by atoms with Crippen LogP contribution in [0.25, 0.3) is 0 Å². The molecule has 0 aromatic carbocycles. The molecular weight excluding hydrogens is 192 g/mol. The third-order valence-corrected chi connectivity index (χ3v) is 2.88. The van der Waals surface area contributed by atoms with Crippen LogP contribution in [0.15, 0.2) is 0 Å². The summed E-state index contributed by atoms with van der Waals surface area (Å²) in [5.41, 5.74) is 5.84. The van der Waals surface area contributed by atoms with Crippen LogP contribution >= 0.6 is 0 Å². The second kappa shape index (κ2) is 8.05. The van der Waals surface area contributed by atoms with Crippen molar-refractivity contribution in [3.05, 3.63) is 0 Å². The molecule has 4 heteroatoms. The summed E-state index contributed by atoms with van der Waals surface area (Å²) in [7, 11) is 1.69. The lowest BCUT2D eigenvalue weighted by Gasteiger charge is -2.26. The van der Waals surface area contributed by atoms with Gasteiger partial charge in [0.05, 0.1) is 19.8 Å². The first-order chi connectivity index (χ1) is 7.33. The molecule has 0 spiro atoms. The lowest BCUT2D eigenvalue weighted by atomic mass is 9.92. The van der Waals surface area contributed by atoms with Gasteiger partial charge in [0.1, 0.15) is 0 Å². The number of nitrogens with one attached hydrogen (secondary N) is 1. The third kappa shape index (κ3) is 6.10. The molecule has 0 heterocycles. The number of ether oxygens (including phenoxy) is 2. The zero-order chi connectivity index (χ0) is 10.9. The largest absolute Gasteiger partial charge is 0.382 e. The molecule has 1 rings (SSSR count). The summed E-state index contributed by atoms with van der Waals surface area (Å²) in [4.78, 5) is 0. The highest BCUT2D eigenvalue weighted by Gasteiger charge is 2.17. The smallest absolute Gasteiger partial charge is 0.0700 e. The summed E-state index contributed by atoms with van der Waals surface area (Å²) < 4.78 is 10.3. The second-order valence-electron chi connectivity index (χ2n) is 4.17. The van der Waals surface area contributed by atoms with Crippen LogP contribution in [-0.2, 0) is 9.47 Å². The quantitative estimate of drug-likeness (QED) is 0.609. The Morgan fingerprint density at radius 2 is 1.87 bits per heavy atom. The summed E-state index contributed by atoms with van der Waals surface area (Å²) in [5.74, 6) is 0. The van der Waals surface area contributed by atoms with Gasteiger partial charge in [-0.25, -0.2) is 0 Å². The number of methoxy groups -OCH3 is 1. The highest BCUT2D eigenvalue weighted by Crippen LogP contribution is 2.16. The summed E-state index contributed by atoms with van der Waals surface area (Å²) >= 11 is 0. The first-order valence-electron chi connectivity index (χ1n) is 5.88. The van der Waals surface area contributed by atoms with Gasteiger partial charge in [0.2, 0.25) is 0 Å². The van der Waals surface area contributed by atoms with E-state index >= 15 is 0 Å². The van der Waals surface area contributed by atoms with Crippen molar-refractivity contribution < 1.29 is 9.47 Å². The Bertz CT molecular complexity index is 148. The summed E-state index contributed by atoms with van der Waals surface area (Å²) in [5, 5.41) is 3.50. The lowest BCUT2D eigenvalue weighted by molar-refractivity contribution is 0.0704. The summed E-state index contributed by atoms with van der Waals surface area (Å²) in [6.45, 7) is 3.07. The van der Waals surface area contributed by atoms with Gasteiger partial charge in [-0.2, -0.15) is 0 Å². The van der Waals surface area contributed by atoms with Crippen molar-refractivity contribution in [3.8, 4) is 0 Å². The van der Waals surface area contributed by atoms with Crippen LogP contribution in [0.4, 0.5) is 0 Å². The zero-order valence-electron chi connectivity index (χ0n) is 9.71. The SMILES string of the molecule is COCCOCCN[C@H]1CC[C@H](N)CC1. The van der Waals surface area contributed by atoms with Crippen molar-refractivity contribution in [1.82, 2.24) is 5.32 Å². The van der Waals surface area contributed by atoms with E-state index < -0.39 is 0 Å². The van der Waals surface area contributed by atoms with Gasteiger partial charge < -0.3 is 20.5 Å². The molecule has 0 aromatic rings. The van der Waals surface area contributed by atoms with Crippen LogP contribution in [0, 0.1) is 0 Å². The Balaban J connectivity index is 1.87. The van der Waals surface area contributed by atoms with Crippen LogP contribution in [0.5, 0.6) is 0 Å². The molecule has 1 aliphatic rings. The van der Waals surface area contributed by atoms with Gasteiger partial charge in [-0.3, -0.25) is 0 Å². The second-order valence-corrected chi connectivity index (χ2v) is 4.17. The Kier molecular flexibility index (Phi) is 6.92. The highest BCUT2D eigenvalue weighted by molar-refractivity contribution is 4.78. The molecule has 0 radical (unpaired) electrons. The maximum atomic E-state index is 5.84. The molecule has 1 saturated carbocycles. The minimum Gasteiger partial charge on any atom is -0.382 e. The van der Waals surface area contributed by atoms with Crippen molar-refractivity contribution in [1.29, 1.82) is 0 Å². The molecule has 1 aliphatic carbocycles. The van der Waals surface area contributed by atoms with Crippen LogP contribution < -0.4 is 11.1 Å². The monoisotopic (exact) mass is 216 g/mol. The van der Waals surface area contributed by atoms with E-state index in [4.69, 9.17) is 15.2 Å². The third-order valence-electron chi connectivity index (χ3n) is 2.88. The maximum Gasteiger partial charge on any atom is 0.0700 e. The van der Waals surface area contributed by atoms with Gasteiger partial charge in [-0.05, 0) is 25.7 Å². The molecule has 0 amide bonds. The van der Waals surface area contributed by atoms with E-state index in [2.05, 4.69) is 5.32 Å². The van der Waals surface area contributed by atoms with Gasteiger partial charge in [-0.15, -0.1) is 0 Å². The zero-order valence-corrected chi connectivity index (χ0v) is 9.71. The van der Waals surface area contributed by atoms with Crippen LogP contribution in [0.3, 0.4) is 0 Å². The van der Waals surface area contributed by atoms with Crippen molar-refractivity contribution in [2.24, 2.45) is 5.73 Å². The molecule has 0 aromatic heterocycles. The van der Waals surface area contributed by atoms with Crippen LogP contribution in [0.1, 0.15) is 25.7 Å². The fourth-order valence-electron chi connectivity index (χ4n) is 1.90. The molecule has 0 bridgehead atoms. The average Bonchev–Trinajstić information content (AvgIpc) is 2.26. The number of nitrogens with two attached hydrogens (primary N) is 1. The molecule has 15 heavy (non-hydrogen) atoms. The minimum atomic E-state index is 0.431. The Morgan fingerprint density at radius 3 is 2.53 bits per heavy atom. The standard InChI is InChI=1S/C11H24N2O2/c1-14-8-9-15-7-6-13-11-4-2-10(12)3-5-11/h10-11,13H,2-9,12H2,1H3/t10-,11-. The average molecular weight is 216 g/mol. The van der Waals surface area contributed by atoms with Gasteiger partial charge >= 0.3 is 0 Å². The molecule has 3 N–H and O–H groups in total. The Labute approximate surface area is 92.5 Å². The predicted molar refractivity (Wildman–Crippen MR) is 60.9 cm³/mol. The number of hydrogen-bond acceptors (Lipinski definition) is 4.